The zero-order valence-electron chi connectivity index (χ0n) is 34.9. The molecule has 9 aromatic rings. The van der Waals surface area contributed by atoms with Gasteiger partial charge in [0.1, 0.15) is 0 Å². The van der Waals surface area contributed by atoms with Crippen molar-refractivity contribution in [3.05, 3.63) is 240 Å². The van der Waals surface area contributed by atoms with Crippen molar-refractivity contribution >= 4 is 44.9 Å². The molecule has 0 spiro atoms. The Morgan fingerprint density at radius 3 is 1.56 bits per heavy atom. The molecule has 2 heteroatoms. The quantitative estimate of drug-likeness (QED) is 0.159. The number of hydrogen-bond acceptors (Lipinski definition) is 2. The first-order chi connectivity index (χ1) is 30.0. The van der Waals surface area contributed by atoms with Crippen LogP contribution in [0.15, 0.2) is 206 Å². The standard InChI is InChI=1S/C59H48N2/c1-59(2)54-25-15-14-24-51(54)53-39-52(44-17-6-3-7-18-44)58(40-55(53)59)61(50-35-34-43-16-12-13-19-47(43)38-50)57-37-42-27-31-45-30-26-41(28-32-46(57)33-29-42)36-56(45)60(48-20-8-4-9-21-48)49-22-10-5-11-23-49/h3-26,29-30,33-40H,27-28,31-32H2,1-2H3. The van der Waals surface area contributed by atoms with E-state index in [0.29, 0.717) is 0 Å². The third-order valence-electron chi connectivity index (χ3n) is 13.2. The number of benzene rings is 9. The molecule has 5 aliphatic rings. The van der Waals surface area contributed by atoms with Crippen molar-refractivity contribution in [2.45, 2.75) is 44.9 Å². The molecule has 0 aliphatic heterocycles. The topological polar surface area (TPSA) is 6.48 Å². The van der Waals surface area contributed by atoms with Gasteiger partial charge in [-0.2, -0.15) is 0 Å². The predicted molar refractivity (Wildman–Crippen MR) is 258 cm³/mol. The molecule has 294 valence electrons. The van der Waals surface area contributed by atoms with Crippen molar-refractivity contribution in [2.24, 2.45) is 0 Å². The summed E-state index contributed by atoms with van der Waals surface area (Å²) < 4.78 is 0. The number of rotatable bonds is 7. The average molecular weight is 785 g/mol. The summed E-state index contributed by atoms with van der Waals surface area (Å²) >= 11 is 0. The van der Waals surface area contributed by atoms with Crippen LogP contribution in [0.2, 0.25) is 0 Å². The lowest BCUT2D eigenvalue weighted by Gasteiger charge is -2.33. The Balaban J connectivity index is 1.10. The number of hydrogen-bond donors (Lipinski definition) is 0. The fourth-order valence-corrected chi connectivity index (χ4v) is 10.0. The fourth-order valence-electron chi connectivity index (χ4n) is 10.0. The van der Waals surface area contributed by atoms with Gasteiger partial charge in [-0.3, -0.25) is 0 Å². The minimum atomic E-state index is -0.149. The van der Waals surface area contributed by atoms with E-state index in [1.165, 1.54) is 101 Å². The Morgan fingerprint density at radius 2 is 0.902 bits per heavy atom. The molecule has 14 rings (SSSR count). The minimum Gasteiger partial charge on any atom is -0.310 e. The van der Waals surface area contributed by atoms with Crippen LogP contribution < -0.4 is 9.80 Å². The van der Waals surface area contributed by atoms with Crippen molar-refractivity contribution < 1.29 is 0 Å². The summed E-state index contributed by atoms with van der Waals surface area (Å²) in [6.07, 6.45) is 3.65. The van der Waals surface area contributed by atoms with E-state index in [9.17, 15) is 0 Å². The summed E-state index contributed by atoms with van der Waals surface area (Å²) in [6, 6.07) is 77.0. The van der Waals surface area contributed by atoms with Crippen LogP contribution in [0.1, 0.15) is 47.2 Å². The van der Waals surface area contributed by atoms with Gasteiger partial charge < -0.3 is 9.80 Å². The van der Waals surface area contributed by atoms with Crippen molar-refractivity contribution in [2.75, 3.05) is 9.80 Å². The summed E-state index contributed by atoms with van der Waals surface area (Å²) in [5.74, 6) is 0. The molecule has 0 radical (unpaired) electrons. The van der Waals surface area contributed by atoms with Gasteiger partial charge in [0.15, 0.2) is 0 Å². The highest BCUT2D eigenvalue weighted by Gasteiger charge is 2.37. The molecule has 0 saturated carbocycles. The summed E-state index contributed by atoms with van der Waals surface area (Å²) in [6.45, 7) is 4.79. The van der Waals surface area contributed by atoms with Gasteiger partial charge in [-0.05, 0) is 147 Å². The average Bonchev–Trinajstić information content (AvgIpc) is 3.53. The summed E-state index contributed by atoms with van der Waals surface area (Å²) in [4.78, 5) is 5.04. The van der Waals surface area contributed by atoms with Crippen molar-refractivity contribution in [3.8, 4) is 22.3 Å². The molecule has 61 heavy (non-hydrogen) atoms. The number of nitrogens with zero attached hydrogens (tertiary/aromatic N) is 2. The summed E-state index contributed by atoms with van der Waals surface area (Å²) in [5, 5.41) is 2.48. The second-order valence-electron chi connectivity index (χ2n) is 17.3. The largest absolute Gasteiger partial charge is 0.310 e. The highest BCUT2D eigenvalue weighted by Crippen LogP contribution is 2.54. The van der Waals surface area contributed by atoms with Gasteiger partial charge in [0.2, 0.25) is 0 Å². The number of para-hydroxylation sites is 2. The Kier molecular flexibility index (Phi) is 9.16. The lowest BCUT2D eigenvalue weighted by Crippen LogP contribution is -2.18. The van der Waals surface area contributed by atoms with Crippen LogP contribution in [0.5, 0.6) is 0 Å². The molecule has 0 heterocycles. The number of aryl methyl sites for hydroxylation is 4. The van der Waals surface area contributed by atoms with Crippen LogP contribution >= 0.6 is 0 Å². The third-order valence-corrected chi connectivity index (χ3v) is 13.2. The normalized spacial score (nSPS) is 13.6. The van der Waals surface area contributed by atoms with Gasteiger partial charge in [-0.1, -0.05) is 159 Å². The Morgan fingerprint density at radius 1 is 0.344 bits per heavy atom. The highest BCUT2D eigenvalue weighted by molar-refractivity contribution is 5.97. The van der Waals surface area contributed by atoms with Gasteiger partial charge in [-0.25, -0.2) is 0 Å². The van der Waals surface area contributed by atoms with E-state index < -0.39 is 0 Å². The lowest BCUT2D eigenvalue weighted by molar-refractivity contribution is 0.660. The van der Waals surface area contributed by atoms with Crippen LogP contribution in [0.4, 0.5) is 34.1 Å². The maximum atomic E-state index is 2.60. The molecule has 0 atom stereocenters. The molecule has 4 bridgehead atoms. The van der Waals surface area contributed by atoms with E-state index in [2.05, 4.69) is 230 Å². The first kappa shape index (κ1) is 36.9. The summed E-state index contributed by atoms with van der Waals surface area (Å²) in [5.41, 5.74) is 20.3. The zero-order valence-corrected chi connectivity index (χ0v) is 34.9. The Hall–Kier alpha value is -7.16. The van der Waals surface area contributed by atoms with Gasteiger partial charge in [0.05, 0.1) is 5.69 Å². The molecule has 0 saturated heterocycles. The molecule has 0 amide bonds. The van der Waals surface area contributed by atoms with Crippen molar-refractivity contribution in [1.29, 1.82) is 0 Å². The minimum absolute atomic E-state index is 0.149. The van der Waals surface area contributed by atoms with E-state index in [4.69, 9.17) is 0 Å². The van der Waals surface area contributed by atoms with Gasteiger partial charge >= 0.3 is 0 Å². The monoisotopic (exact) mass is 784 g/mol. The molecule has 0 fully saturated rings. The van der Waals surface area contributed by atoms with E-state index in [1.807, 2.05) is 0 Å². The van der Waals surface area contributed by atoms with Crippen LogP contribution in [0.3, 0.4) is 0 Å². The fraction of sp³-hybridized carbons (Fsp3) is 0.119. The van der Waals surface area contributed by atoms with Crippen molar-refractivity contribution in [1.82, 2.24) is 0 Å². The molecular weight excluding hydrogens is 737 g/mol. The molecular formula is C59H48N2. The van der Waals surface area contributed by atoms with E-state index >= 15 is 0 Å². The SMILES string of the molecule is CC1(C)c2ccccc2-c2cc(-c3ccccc3)c(N(c3ccc4ccccc4c3)c3cc4ccc3CCc3ccc(c(N(c5ccccc5)c5ccccc5)c3)CC4)cc21. The van der Waals surface area contributed by atoms with Gasteiger partial charge in [0, 0.05) is 39.4 Å². The summed E-state index contributed by atoms with van der Waals surface area (Å²) in [7, 11) is 0. The first-order valence-corrected chi connectivity index (χ1v) is 21.8. The van der Waals surface area contributed by atoms with Gasteiger partial charge in [0.25, 0.3) is 0 Å². The predicted octanol–water partition coefficient (Wildman–Crippen LogP) is 15.6. The molecule has 5 aliphatic carbocycles. The smallest absolute Gasteiger partial charge is 0.0543 e. The maximum absolute atomic E-state index is 2.60. The van der Waals surface area contributed by atoms with E-state index in [0.717, 1.165) is 25.7 Å². The van der Waals surface area contributed by atoms with Crippen LogP contribution in [-0.2, 0) is 31.1 Å². The van der Waals surface area contributed by atoms with Crippen LogP contribution in [-0.4, -0.2) is 0 Å². The third kappa shape index (κ3) is 6.60. The molecule has 2 nitrogen and oxygen atoms in total. The van der Waals surface area contributed by atoms with Crippen LogP contribution in [0, 0.1) is 0 Å². The Labute approximate surface area is 360 Å². The highest BCUT2D eigenvalue weighted by atomic mass is 15.2. The molecule has 0 aromatic heterocycles. The van der Waals surface area contributed by atoms with E-state index in [-0.39, 0.29) is 5.41 Å². The number of anilines is 6. The lowest BCUT2D eigenvalue weighted by atomic mass is 9.81. The van der Waals surface area contributed by atoms with Gasteiger partial charge in [-0.15, -0.1) is 0 Å². The maximum Gasteiger partial charge on any atom is 0.0543 e. The Bertz CT molecular complexity index is 3020. The van der Waals surface area contributed by atoms with E-state index in [1.54, 1.807) is 0 Å². The van der Waals surface area contributed by atoms with Crippen molar-refractivity contribution in [3.63, 3.8) is 0 Å². The second kappa shape index (κ2) is 15.1. The van der Waals surface area contributed by atoms with Crippen LogP contribution in [0.25, 0.3) is 33.0 Å². The molecule has 9 aromatic carbocycles. The first-order valence-electron chi connectivity index (χ1n) is 21.8. The molecule has 0 unspecified atom stereocenters. The number of fused-ring (bicyclic) bond motifs is 4. The zero-order chi connectivity index (χ0) is 40.9. The second-order valence-corrected chi connectivity index (χ2v) is 17.3. The molecule has 0 N–H and O–H groups in total.